The van der Waals surface area contributed by atoms with Gasteiger partial charge in [-0.1, -0.05) is 72.8 Å². The minimum atomic E-state index is 0.900. The number of rotatable bonds is 2. The Bertz CT molecular complexity index is 2390. The summed E-state index contributed by atoms with van der Waals surface area (Å²) in [6.45, 7) is 0. The van der Waals surface area contributed by atoms with Crippen molar-refractivity contribution >= 4 is 75.3 Å². The fourth-order valence-corrected chi connectivity index (χ4v) is 7.29. The van der Waals surface area contributed by atoms with Gasteiger partial charge in [-0.15, -0.1) is 11.3 Å². The van der Waals surface area contributed by atoms with Gasteiger partial charge in [-0.05, 0) is 42.5 Å². The van der Waals surface area contributed by atoms with Crippen molar-refractivity contribution in [2.75, 3.05) is 0 Å². The number of hydrogen-bond donors (Lipinski definition) is 0. The van der Waals surface area contributed by atoms with Crippen LogP contribution >= 0.6 is 11.3 Å². The van der Waals surface area contributed by atoms with E-state index >= 15 is 0 Å². The third-order valence-corrected chi connectivity index (χ3v) is 9.00. The van der Waals surface area contributed by atoms with Crippen LogP contribution in [0.5, 0.6) is 0 Å². The quantitative estimate of drug-likeness (QED) is 0.229. The van der Waals surface area contributed by atoms with Gasteiger partial charge in [0.05, 0.1) is 11.0 Å². The van der Waals surface area contributed by atoms with Gasteiger partial charge in [-0.25, -0.2) is 4.98 Å². The number of fused-ring (bicyclic) bond motifs is 10. The van der Waals surface area contributed by atoms with Crippen molar-refractivity contribution < 1.29 is 4.42 Å². The average molecular weight is 517 g/mol. The zero-order valence-electron chi connectivity index (χ0n) is 20.8. The molecule has 0 spiro atoms. The highest BCUT2D eigenvalue weighted by Gasteiger charge is 2.18. The van der Waals surface area contributed by atoms with Crippen molar-refractivity contribution in [3.8, 4) is 16.9 Å². The summed E-state index contributed by atoms with van der Waals surface area (Å²) < 4.78 is 11.2. The van der Waals surface area contributed by atoms with Crippen LogP contribution in [0.4, 0.5) is 0 Å². The third-order valence-electron chi connectivity index (χ3n) is 7.87. The lowest BCUT2D eigenvalue weighted by atomic mass is 10.0. The van der Waals surface area contributed by atoms with E-state index in [9.17, 15) is 0 Å². The van der Waals surface area contributed by atoms with Gasteiger partial charge in [-0.2, -0.15) is 0 Å². The highest BCUT2D eigenvalue weighted by atomic mass is 32.1. The topological polar surface area (TPSA) is 31.0 Å². The first-order valence-electron chi connectivity index (χ1n) is 13.1. The fraction of sp³-hybridized carbons (Fsp3) is 0. The van der Waals surface area contributed by atoms with Crippen LogP contribution in [-0.2, 0) is 0 Å². The fourth-order valence-electron chi connectivity index (χ4n) is 6.17. The Balaban J connectivity index is 1.28. The Morgan fingerprint density at radius 3 is 2.26 bits per heavy atom. The number of nitrogens with zero attached hydrogens (tertiary/aromatic N) is 2. The molecule has 0 radical (unpaired) electrons. The minimum absolute atomic E-state index is 0.900. The van der Waals surface area contributed by atoms with E-state index in [1.54, 1.807) is 0 Å². The normalized spacial score (nSPS) is 12.1. The van der Waals surface area contributed by atoms with Crippen LogP contribution in [0.15, 0.2) is 126 Å². The second-order valence-electron chi connectivity index (χ2n) is 9.97. The summed E-state index contributed by atoms with van der Waals surface area (Å²) in [4.78, 5) is 5.01. The summed E-state index contributed by atoms with van der Waals surface area (Å²) in [5.41, 5.74) is 6.23. The molecular weight excluding hydrogens is 496 g/mol. The van der Waals surface area contributed by atoms with Crippen LogP contribution in [0.2, 0.25) is 0 Å². The molecular formula is C35H20N2OS. The zero-order valence-corrected chi connectivity index (χ0v) is 21.6. The number of hydrogen-bond acceptors (Lipinski definition) is 3. The smallest absolute Gasteiger partial charge is 0.143 e. The first kappa shape index (κ1) is 21.1. The second kappa shape index (κ2) is 7.79. The Labute approximate surface area is 227 Å². The van der Waals surface area contributed by atoms with E-state index < -0.39 is 0 Å². The molecule has 0 amide bonds. The maximum atomic E-state index is 6.29. The number of thiophene rings is 1. The third kappa shape index (κ3) is 2.89. The Hall–Kier alpha value is -4.93. The Kier molecular flexibility index (Phi) is 4.21. The highest BCUT2D eigenvalue weighted by Crippen LogP contribution is 2.43. The standard InChI is InChI=1S/C35H20N2OS/c1-4-13-27-25(9-1)33-28(17-18-31-34(33)26-10-3-6-15-30(26)39-31)37(27)32-19-16-21(20-36-32)22-11-7-12-24-23-8-2-5-14-29(23)38-35(22)24/h1-20H. The lowest BCUT2D eigenvalue weighted by Crippen LogP contribution is -1.97. The van der Waals surface area contributed by atoms with Crippen molar-refractivity contribution in [2.45, 2.75) is 0 Å². The molecule has 9 aromatic rings. The molecule has 5 aromatic carbocycles. The summed E-state index contributed by atoms with van der Waals surface area (Å²) in [5, 5.41) is 7.44. The number of benzene rings is 5. The molecule has 0 atom stereocenters. The molecule has 0 aliphatic carbocycles. The summed E-state index contributed by atoms with van der Waals surface area (Å²) in [5.74, 6) is 0.903. The molecule has 0 fully saturated rings. The lowest BCUT2D eigenvalue weighted by Gasteiger charge is -2.08. The molecule has 39 heavy (non-hydrogen) atoms. The molecule has 3 nitrogen and oxygen atoms in total. The van der Waals surface area contributed by atoms with Gasteiger partial charge >= 0.3 is 0 Å². The van der Waals surface area contributed by atoms with Gasteiger partial charge in [-0.3, -0.25) is 4.57 Å². The molecule has 0 unspecified atom stereocenters. The zero-order chi connectivity index (χ0) is 25.5. The van der Waals surface area contributed by atoms with Gasteiger partial charge < -0.3 is 4.42 Å². The van der Waals surface area contributed by atoms with Crippen molar-refractivity contribution in [3.63, 3.8) is 0 Å². The molecule has 4 heteroatoms. The highest BCUT2D eigenvalue weighted by molar-refractivity contribution is 7.26. The Morgan fingerprint density at radius 1 is 0.564 bits per heavy atom. The van der Waals surface area contributed by atoms with Crippen molar-refractivity contribution in [1.29, 1.82) is 0 Å². The van der Waals surface area contributed by atoms with E-state index in [2.05, 4.69) is 108 Å². The van der Waals surface area contributed by atoms with E-state index in [1.165, 1.54) is 36.5 Å². The number of aromatic nitrogens is 2. The number of para-hydroxylation sites is 3. The Morgan fingerprint density at radius 2 is 1.36 bits per heavy atom. The van der Waals surface area contributed by atoms with Crippen LogP contribution in [0, 0.1) is 0 Å². The van der Waals surface area contributed by atoms with E-state index in [0.29, 0.717) is 0 Å². The SMILES string of the molecule is c1ccc2c(c1)oc1c(-c3ccc(-n4c5ccccc5c5c6c(ccc54)sc4ccccc46)nc3)cccc12. The average Bonchev–Trinajstić information content (AvgIpc) is 3.66. The first-order chi connectivity index (χ1) is 19.3. The molecule has 0 aliphatic rings. The number of pyridine rings is 1. The first-order valence-corrected chi connectivity index (χ1v) is 13.9. The molecule has 4 aromatic heterocycles. The van der Waals surface area contributed by atoms with Crippen LogP contribution in [0.1, 0.15) is 0 Å². The van der Waals surface area contributed by atoms with Crippen molar-refractivity contribution in [2.24, 2.45) is 0 Å². The van der Waals surface area contributed by atoms with Crippen molar-refractivity contribution in [3.05, 3.63) is 121 Å². The minimum Gasteiger partial charge on any atom is -0.455 e. The molecule has 0 bridgehead atoms. The van der Waals surface area contributed by atoms with Gasteiger partial charge in [0.15, 0.2) is 0 Å². The van der Waals surface area contributed by atoms with Gasteiger partial charge in [0.2, 0.25) is 0 Å². The summed E-state index contributed by atoms with van der Waals surface area (Å²) in [7, 11) is 0. The predicted molar refractivity (Wildman–Crippen MR) is 164 cm³/mol. The van der Waals surface area contributed by atoms with E-state index in [1.807, 2.05) is 29.7 Å². The largest absolute Gasteiger partial charge is 0.455 e. The maximum Gasteiger partial charge on any atom is 0.143 e. The summed E-state index contributed by atoms with van der Waals surface area (Å²) >= 11 is 1.86. The van der Waals surface area contributed by atoms with Crippen LogP contribution in [0.3, 0.4) is 0 Å². The lowest BCUT2D eigenvalue weighted by molar-refractivity contribution is 0.670. The molecule has 0 saturated heterocycles. The van der Waals surface area contributed by atoms with E-state index in [0.717, 1.165) is 44.4 Å². The predicted octanol–water partition coefficient (Wildman–Crippen LogP) is 10.1. The number of furan rings is 1. The van der Waals surface area contributed by atoms with Crippen LogP contribution in [0.25, 0.3) is 80.9 Å². The second-order valence-corrected chi connectivity index (χ2v) is 11.1. The molecule has 0 N–H and O–H groups in total. The maximum absolute atomic E-state index is 6.29. The van der Waals surface area contributed by atoms with Crippen LogP contribution < -0.4 is 0 Å². The van der Waals surface area contributed by atoms with Gasteiger partial charge in [0, 0.05) is 59.0 Å². The molecule has 182 valence electrons. The molecule has 4 heterocycles. The molecule has 9 rings (SSSR count). The van der Waals surface area contributed by atoms with E-state index in [4.69, 9.17) is 9.40 Å². The van der Waals surface area contributed by atoms with Gasteiger partial charge in [0.25, 0.3) is 0 Å². The summed E-state index contributed by atoms with van der Waals surface area (Å²) in [6, 6.07) is 40.7. The van der Waals surface area contributed by atoms with E-state index in [-0.39, 0.29) is 0 Å². The molecule has 0 saturated carbocycles. The summed E-state index contributed by atoms with van der Waals surface area (Å²) in [6.07, 6.45) is 1.97. The van der Waals surface area contributed by atoms with Crippen LogP contribution in [-0.4, -0.2) is 9.55 Å². The monoisotopic (exact) mass is 516 g/mol. The molecule has 0 aliphatic heterocycles. The van der Waals surface area contributed by atoms with Crippen molar-refractivity contribution in [1.82, 2.24) is 9.55 Å². The van der Waals surface area contributed by atoms with Gasteiger partial charge in [0.1, 0.15) is 17.0 Å².